The largest absolute Gasteiger partial charge is 0.484 e. The molecular weight excluding hydrogens is 485 g/mol. The number of rotatable bonds is 7. The third kappa shape index (κ3) is 6.38. The number of hydrogen-bond acceptors (Lipinski definition) is 4. The van der Waals surface area contributed by atoms with Gasteiger partial charge in [0.15, 0.2) is 6.61 Å². The number of nitrogens with zero attached hydrogens (tertiary/aromatic N) is 1. The first-order valence-electron chi connectivity index (χ1n) is 10.7. The molecule has 8 heteroatoms. The van der Waals surface area contributed by atoms with Crippen LogP contribution in [0.15, 0.2) is 90.0 Å². The number of hydrazone groups is 1. The molecule has 0 aliphatic heterocycles. The van der Waals surface area contributed by atoms with Crippen molar-refractivity contribution in [3.8, 4) is 5.75 Å². The van der Waals surface area contributed by atoms with Gasteiger partial charge in [-0.1, -0.05) is 65.7 Å². The average molecular weight is 506 g/mol. The zero-order chi connectivity index (χ0) is 24.8. The fraction of sp³-hybridized carbons (Fsp3) is 0.0741. The zero-order valence-corrected chi connectivity index (χ0v) is 20.2. The first kappa shape index (κ1) is 24.3. The predicted molar refractivity (Wildman–Crippen MR) is 141 cm³/mol. The van der Waals surface area contributed by atoms with Crippen molar-refractivity contribution < 1.29 is 14.3 Å². The maximum absolute atomic E-state index is 12.6. The Morgan fingerprint density at radius 2 is 1.69 bits per heavy atom. The van der Waals surface area contributed by atoms with Gasteiger partial charge in [0.05, 0.1) is 16.3 Å². The number of nitrogens with one attached hydrogen (secondary N) is 2. The van der Waals surface area contributed by atoms with Crippen LogP contribution in [0.1, 0.15) is 22.8 Å². The van der Waals surface area contributed by atoms with Crippen LogP contribution < -0.4 is 15.5 Å². The molecule has 2 amide bonds. The topological polar surface area (TPSA) is 79.8 Å². The second-order valence-corrected chi connectivity index (χ2v) is 8.53. The number of anilines is 1. The minimum atomic E-state index is -0.389. The van der Waals surface area contributed by atoms with Crippen molar-refractivity contribution in [2.45, 2.75) is 6.92 Å². The van der Waals surface area contributed by atoms with Crippen molar-refractivity contribution in [3.05, 3.63) is 106 Å². The van der Waals surface area contributed by atoms with E-state index < -0.39 is 0 Å². The Hall–Kier alpha value is -3.87. The van der Waals surface area contributed by atoms with Gasteiger partial charge in [0.25, 0.3) is 11.8 Å². The second-order valence-electron chi connectivity index (χ2n) is 7.69. The van der Waals surface area contributed by atoms with Gasteiger partial charge in [-0.3, -0.25) is 9.59 Å². The number of halogens is 2. The van der Waals surface area contributed by atoms with Crippen molar-refractivity contribution in [1.29, 1.82) is 0 Å². The Morgan fingerprint density at radius 1 is 0.886 bits per heavy atom. The number of carbonyl (C=O) groups is 2. The molecule has 0 aliphatic rings. The second kappa shape index (κ2) is 11.0. The number of fused-ring (bicyclic) bond motifs is 1. The third-order valence-corrected chi connectivity index (χ3v) is 5.70. The summed E-state index contributed by atoms with van der Waals surface area (Å²) in [6.45, 7) is 1.58. The molecule has 6 nitrogen and oxygen atoms in total. The fourth-order valence-electron chi connectivity index (χ4n) is 3.34. The van der Waals surface area contributed by atoms with E-state index in [1.807, 2.05) is 48.5 Å². The van der Waals surface area contributed by atoms with Crippen molar-refractivity contribution in [1.82, 2.24) is 5.43 Å². The molecule has 0 spiro atoms. The van der Waals surface area contributed by atoms with Crippen LogP contribution in [0.2, 0.25) is 10.0 Å². The van der Waals surface area contributed by atoms with Crippen LogP contribution >= 0.6 is 23.2 Å². The van der Waals surface area contributed by atoms with E-state index in [0.717, 1.165) is 16.3 Å². The van der Waals surface area contributed by atoms with Crippen LogP contribution in [-0.4, -0.2) is 24.1 Å². The molecule has 0 radical (unpaired) electrons. The quantitative estimate of drug-likeness (QED) is 0.228. The van der Waals surface area contributed by atoms with Crippen molar-refractivity contribution >= 4 is 57.2 Å². The lowest BCUT2D eigenvalue weighted by Gasteiger charge is -2.09. The van der Waals surface area contributed by atoms with Crippen LogP contribution in [0.4, 0.5) is 5.69 Å². The van der Waals surface area contributed by atoms with Crippen molar-refractivity contribution in [2.75, 3.05) is 11.9 Å². The Kier molecular flexibility index (Phi) is 7.65. The Labute approximate surface area is 212 Å². The maximum atomic E-state index is 12.6. The van der Waals surface area contributed by atoms with Gasteiger partial charge in [0.2, 0.25) is 0 Å². The van der Waals surface area contributed by atoms with Gasteiger partial charge in [-0.15, -0.1) is 0 Å². The Morgan fingerprint density at radius 3 is 2.49 bits per heavy atom. The summed E-state index contributed by atoms with van der Waals surface area (Å²) < 4.78 is 5.59. The summed E-state index contributed by atoms with van der Waals surface area (Å²) in [5.41, 5.74) is 4.64. The molecule has 0 saturated heterocycles. The maximum Gasteiger partial charge on any atom is 0.277 e. The molecule has 4 aromatic rings. The van der Waals surface area contributed by atoms with E-state index in [0.29, 0.717) is 27.7 Å². The van der Waals surface area contributed by atoms with E-state index in [1.165, 1.54) is 6.07 Å². The molecule has 0 atom stereocenters. The molecule has 2 N–H and O–H groups in total. The lowest BCUT2D eigenvalue weighted by atomic mass is 10.1. The van der Waals surface area contributed by atoms with Crippen molar-refractivity contribution in [2.24, 2.45) is 5.10 Å². The molecule has 0 aliphatic carbocycles. The highest BCUT2D eigenvalue weighted by molar-refractivity contribution is 6.37. The number of hydrogen-bond donors (Lipinski definition) is 2. The number of carbonyl (C=O) groups excluding carboxylic acids is 2. The molecule has 176 valence electrons. The van der Waals surface area contributed by atoms with E-state index in [9.17, 15) is 9.59 Å². The third-order valence-electron chi connectivity index (χ3n) is 5.15. The van der Waals surface area contributed by atoms with Crippen LogP contribution in [-0.2, 0) is 4.79 Å². The lowest BCUT2D eigenvalue weighted by molar-refractivity contribution is -0.123. The summed E-state index contributed by atoms with van der Waals surface area (Å²) in [5.74, 6) is -0.152. The summed E-state index contributed by atoms with van der Waals surface area (Å²) >= 11 is 12.0. The highest BCUT2D eigenvalue weighted by Gasteiger charge is 2.12. The summed E-state index contributed by atoms with van der Waals surface area (Å²) in [7, 11) is 0. The first-order chi connectivity index (χ1) is 16.9. The van der Waals surface area contributed by atoms with E-state index in [-0.39, 0.29) is 23.4 Å². The predicted octanol–water partition coefficient (Wildman–Crippen LogP) is 6.32. The van der Waals surface area contributed by atoms with Gasteiger partial charge >= 0.3 is 0 Å². The molecular formula is C27H21Cl2N3O3. The monoisotopic (exact) mass is 505 g/mol. The molecule has 4 aromatic carbocycles. The smallest absolute Gasteiger partial charge is 0.277 e. The van der Waals surface area contributed by atoms with E-state index in [2.05, 4.69) is 15.8 Å². The van der Waals surface area contributed by atoms with Gasteiger partial charge in [-0.2, -0.15) is 5.10 Å². The van der Waals surface area contributed by atoms with Crippen LogP contribution in [0.5, 0.6) is 5.75 Å². The number of ether oxygens (including phenoxy) is 1. The standard InChI is InChI=1S/C27H21Cl2N3O3/c1-17(31-32-26(33)16-35-23-11-9-18-5-2-3-6-20(18)14-23)19-7-4-8-22(13-19)30-27(34)24-12-10-21(28)15-25(24)29/h2-15H,16H2,1H3,(H,30,34)(H,32,33)/b31-17-. The summed E-state index contributed by atoms with van der Waals surface area (Å²) in [4.78, 5) is 24.8. The van der Waals surface area contributed by atoms with Crippen molar-refractivity contribution in [3.63, 3.8) is 0 Å². The summed E-state index contributed by atoms with van der Waals surface area (Å²) in [6.07, 6.45) is 0. The molecule has 0 unspecified atom stereocenters. The van der Waals surface area contributed by atoms with Crippen LogP contribution in [0.3, 0.4) is 0 Å². The molecule has 0 saturated carbocycles. The van der Waals surface area contributed by atoms with E-state index in [4.69, 9.17) is 27.9 Å². The summed E-state index contributed by atoms with van der Waals surface area (Å²) in [6, 6.07) is 25.3. The van der Waals surface area contributed by atoms with E-state index in [1.54, 1.807) is 37.3 Å². The highest BCUT2D eigenvalue weighted by atomic mass is 35.5. The SMILES string of the molecule is C/C(=N/NC(=O)COc1ccc2ccccc2c1)c1cccc(NC(=O)c2ccc(Cl)cc2Cl)c1. The Bertz CT molecular complexity index is 1440. The molecule has 0 heterocycles. The normalized spacial score (nSPS) is 11.2. The average Bonchev–Trinajstić information content (AvgIpc) is 2.86. The zero-order valence-electron chi connectivity index (χ0n) is 18.7. The summed E-state index contributed by atoms with van der Waals surface area (Å²) in [5, 5.41) is 9.79. The molecule has 0 bridgehead atoms. The highest BCUT2D eigenvalue weighted by Crippen LogP contribution is 2.23. The molecule has 0 aromatic heterocycles. The molecule has 35 heavy (non-hydrogen) atoms. The van der Waals surface area contributed by atoms with Crippen LogP contribution in [0.25, 0.3) is 10.8 Å². The van der Waals surface area contributed by atoms with Crippen LogP contribution in [0, 0.1) is 0 Å². The van der Waals surface area contributed by atoms with Gasteiger partial charge in [0.1, 0.15) is 5.75 Å². The lowest BCUT2D eigenvalue weighted by Crippen LogP contribution is -2.25. The minimum absolute atomic E-state index is 0.174. The molecule has 4 rings (SSSR count). The number of amides is 2. The first-order valence-corrected chi connectivity index (χ1v) is 11.5. The fourth-order valence-corrected chi connectivity index (χ4v) is 3.84. The van der Waals surface area contributed by atoms with E-state index >= 15 is 0 Å². The van der Waals surface area contributed by atoms with Gasteiger partial charge < -0.3 is 10.1 Å². The Balaban J connectivity index is 1.35. The van der Waals surface area contributed by atoms with Gasteiger partial charge in [-0.05, 0) is 65.7 Å². The minimum Gasteiger partial charge on any atom is -0.484 e. The molecule has 0 fully saturated rings. The van der Waals surface area contributed by atoms with Gasteiger partial charge in [0, 0.05) is 10.7 Å². The number of benzene rings is 4. The van der Waals surface area contributed by atoms with Gasteiger partial charge in [-0.25, -0.2) is 5.43 Å².